The van der Waals surface area contributed by atoms with Crippen LogP contribution in [0.2, 0.25) is 0 Å². The quantitative estimate of drug-likeness (QED) is 0.676. The highest BCUT2D eigenvalue weighted by atomic mass is 19.1. The summed E-state index contributed by atoms with van der Waals surface area (Å²) in [4.78, 5) is 21.3. The molecule has 120 valence electrons. The van der Waals surface area contributed by atoms with Crippen molar-refractivity contribution in [2.75, 3.05) is 11.9 Å². The zero-order chi connectivity index (χ0) is 17.0. The first kappa shape index (κ1) is 16.3. The highest BCUT2D eigenvalue weighted by Gasteiger charge is 2.15. The highest BCUT2D eigenvalue weighted by molar-refractivity contribution is 5.92. The Bertz CT molecular complexity index is 768. The van der Waals surface area contributed by atoms with Crippen molar-refractivity contribution < 1.29 is 27.6 Å². The van der Waals surface area contributed by atoms with Gasteiger partial charge in [-0.1, -0.05) is 0 Å². The first-order valence-corrected chi connectivity index (χ1v) is 6.18. The van der Waals surface area contributed by atoms with E-state index in [1.165, 1.54) is 0 Å². The molecule has 0 saturated heterocycles. The Morgan fingerprint density at radius 3 is 2.52 bits per heavy atom. The fourth-order valence-corrected chi connectivity index (χ4v) is 1.66. The summed E-state index contributed by atoms with van der Waals surface area (Å²) >= 11 is 0. The van der Waals surface area contributed by atoms with E-state index >= 15 is 0 Å². The number of hydrogen-bond donors (Lipinski definition) is 1. The van der Waals surface area contributed by atoms with Gasteiger partial charge in [-0.25, -0.2) is 8.78 Å². The lowest BCUT2D eigenvalue weighted by Crippen LogP contribution is -2.20. The molecule has 0 radical (unpaired) electrons. The third-order valence-corrected chi connectivity index (χ3v) is 2.68. The molecule has 0 aliphatic carbocycles. The molecule has 2 rings (SSSR count). The third-order valence-electron chi connectivity index (χ3n) is 2.68. The van der Waals surface area contributed by atoms with Crippen molar-refractivity contribution in [2.45, 2.75) is 0 Å². The van der Waals surface area contributed by atoms with Crippen molar-refractivity contribution in [2.24, 2.45) is 0 Å². The summed E-state index contributed by atoms with van der Waals surface area (Å²) in [7, 11) is 0. The van der Waals surface area contributed by atoms with Gasteiger partial charge in [0.25, 0.3) is 5.91 Å². The van der Waals surface area contributed by atoms with Crippen LogP contribution in [0, 0.1) is 27.6 Å². The van der Waals surface area contributed by atoms with E-state index in [0.29, 0.717) is 6.07 Å². The third kappa shape index (κ3) is 4.19. The number of nitro groups is 1. The van der Waals surface area contributed by atoms with Crippen LogP contribution in [-0.4, -0.2) is 17.4 Å². The van der Waals surface area contributed by atoms with Gasteiger partial charge in [-0.15, -0.1) is 0 Å². The predicted molar refractivity (Wildman–Crippen MR) is 73.5 cm³/mol. The monoisotopic (exact) mass is 326 g/mol. The van der Waals surface area contributed by atoms with Crippen molar-refractivity contribution in [1.82, 2.24) is 0 Å². The lowest BCUT2D eigenvalue weighted by molar-refractivity contribution is -0.387. The van der Waals surface area contributed by atoms with Gasteiger partial charge in [-0.05, 0) is 24.3 Å². The lowest BCUT2D eigenvalue weighted by Gasteiger charge is -2.08. The van der Waals surface area contributed by atoms with E-state index in [9.17, 15) is 28.1 Å². The Kier molecular flexibility index (Phi) is 4.79. The van der Waals surface area contributed by atoms with Crippen LogP contribution >= 0.6 is 0 Å². The van der Waals surface area contributed by atoms with Crippen molar-refractivity contribution in [3.8, 4) is 5.75 Å². The molecule has 2 aromatic carbocycles. The number of carbonyl (C=O) groups excluding carboxylic acids is 1. The molecule has 0 aliphatic heterocycles. The molecule has 9 heteroatoms. The number of ether oxygens (including phenoxy) is 1. The molecule has 1 N–H and O–H groups in total. The first-order valence-electron chi connectivity index (χ1n) is 6.18. The van der Waals surface area contributed by atoms with Crippen LogP contribution in [-0.2, 0) is 4.79 Å². The second-order valence-electron chi connectivity index (χ2n) is 4.33. The average molecular weight is 326 g/mol. The zero-order valence-electron chi connectivity index (χ0n) is 11.4. The Balaban J connectivity index is 2.00. The minimum atomic E-state index is -1.04. The Morgan fingerprint density at radius 1 is 1.13 bits per heavy atom. The SMILES string of the molecule is O=C(COc1ccc(F)cc1F)Nc1ccc(F)c([N+](=O)[O-])c1. The molecule has 0 aromatic heterocycles. The van der Waals surface area contributed by atoms with Gasteiger partial charge in [0.2, 0.25) is 5.82 Å². The topological polar surface area (TPSA) is 81.5 Å². The summed E-state index contributed by atoms with van der Waals surface area (Å²) < 4.78 is 44.0. The van der Waals surface area contributed by atoms with Crippen LogP contribution in [0.5, 0.6) is 5.75 Å². The Morgan fingerprint density at radius 2 is 1.87 bits per heavy atom. The minimum absolute atomic E-state index is 0.0220. The van der Waals surface area contributed by atoms with E-state index in [2.05, 4.69) is 5.32 Å². The van der Waals surface area contributed by atoms with Gasteiger partial charge in [0.05, 0.1) is 4.92 Å². The van der Waals surface area contributed by atoms with Crippen LogP contribution in [0.1, 0.15) is 0 Å². The predicted octanol–water partition coefficient (Wildman–Crippen LogP) is 3.03. The maximum Gasteiger partial charge on any atom is 0.306 e. The normalized spacial score (nSPS) is 10.2. The summed E-state index contributed by atoms with van der Waals surface area (Å²) in [6.45, 7) is -0.617. The number of halogens is 3. The molecule has 0 bridgehead atoms. The second-order valence-corrected chi connectivity index (χ2v) is 4.33. The van der Waals surface area contributed by atoms with E-state index in [1.54, 1.807) is 0 Å². The Labute approximate surface area is 127 Å². The molecule has 0 atom stereocenters. The molecular formula is C14H9F3N2O4. The molecule has 0 saturated carbocycles. The molecule has 0 unspecified atom stereocenters. The van der Waals surface area contributed by atoms with Gasteiger partial charge in [-0.3, -0.25) is 14.9 Å². The summed E-state index contributed by atoms with van der Waals surface area (Å²) in [6.07, 6.45) is 0. The van der Waals surface area contributed by atoms with E-state index in [4.69, 9.17) is 4.74 Å². The number of amides is 1. The summed E-state index contributed by atoms with van der Waals surface area (Å²) in [6, 6.07) is 5.36. The van der Waals surface area contributed by atoms with Gasteiger partial charge in [0.15, 0.2) is 18.2 Å². The second kappa shape index (κ2) is 6.77. The molecule has 6 nitrogen and oxygen atoms in total. The van der Waals surface area contributed by atoms with Crippen LogP contribution < -0.4 is 10.1 Å². The van der Waals surface area contributed by atoms with Crippen LogP contribution in [0.3, 0.4) is 0 Å². The largest absolute Gasteiger partial charge is 0.481 e. The molecule has 0 spiro atoms. The van der Waals surface area contributed by atoms with Gasteiger partial charge in [-0.2, -0.15) is 4.39 Å². The number of benzene rings is 2. The number of nitrogens with one attached hydrogen (secondary N) is 1. The number of nitro benzene ring substituents is 1. The van der Waals surface area contributed by atoms with E-state index in [-0.39, 0.29) is 11.4 Å². The number of carbonyl (C=O) groups is 1. The molecular weight excluding hydrogens is 317 g/mol. The van der Waals surface area contributed by atoms with Crippen molar-refractivity contribution in [1.29, 1.82) is 0 Å². The van der Waals surface area contributed by atoms with Crippen molar-refractivity contribution in [3.63, 3.8) is 0 Å². The minimum Gasteiger partial charge on any atom is -0.481 e. The summed E-state index contributed by atoms with van der Waals surface area (Å²) in [5.74, 6) is -3.90. The maximum atomic E-state index is 13.3. The van der Waals surface area contributed by atoms with Gasteiger partial charge < -0.3 is 10.1 Å². The maximum absolute atomic E-state index is 13.3. The Hall–Kier alpha value is -3.10. The molecule has 23 heavy (non-hydrogen) atoms. The molecule has 0 heterocycles. The number of hydrogen-bond acceptors (Lipinski definition) is 4. The molecule has 2 aromatic rings. The smallest absolute Gasteiger partial charge is 0.306 e. The zero-order valence-corrected chi connectivity index (χ0v) is 11.4. The van der Waals surface area contributed by atoms with Crippen molar-refractivity contribution in [3.05, 3.63) is 64.0 Å². The van der Waals surface area contributed by atoms with Crippen LogP contribution in [0.15, 0.2) is 36.4 Å². The number of rotatable bonds is 5. The molecule has 1 amide bonds. The van der Waals surface area contributed by atoms with Gasteiger partial charge in [0, 0.05) is 17.8 Å². The summed E-state index contributed by atoms with van der Waals surface area (Å²) in [5, 5.41) is 12.8. The molecule has 0 aliphatic rings. The number of nitrogens with zero attached hydrogens (tertiary/aromatic N) is 1. The summed E-state index contributed by atoms with van der Waals surface area (Å²) in [5.41, 5.74) is -0.820. The number of anilines is 1. The highest BCUT2D eigenvalue weighted by Crippen LogP contribution is 2.22. The van der Waals surface area contributed by atoms with Gasteiger partial charge >= 0.3 is 5.69 Å². The van der Waals surface area contributed by atoms with E-state index < -0.39 is 40.6 Å². The van der Waals surface area contributed by atoms with E-state index in [0.717, 1.165) is 30.3 Å². The standard InChI is InChI=1S/C14H9F3N2O4/c15-8-1-4-13(11(17)5-8)23-7-14(20)18-9-2-3-10(16)12(6-9)19(21)22/h1-6H,7H2,(H,18,20). The average Bonchev–Trinajstić information content (AvgIpc) is 2.48. The van der Waals surface area contributed by atoms with Gasteiger partial charge in [0.1, 0.15) is 5.82 Å². The lowest BCUT2D eigenvalue weighted by atomic mass is 10.2. The fraction of sp³-hybridized carbons (Fsp3) is 0.0714. The molecule has 0 fully saturated rings. The van der Waals surface area contributed by atoms with E-state index in [1.807, 2.05) is 0 Å². The van der Waals surface area contributed by atoms with Crippen molar-refractivity contribution >= 4 is 17.3 Å². The fourth-order valence-electron chi connectivity index (χ4n) is 1.66. The first-order chi connectivity index (χ1) is 10.9. The van der Waals surface area contributed by atoms with Crippen LogP contribution in [0.25, 0.3) is 0 Å². The van der Waals surface area contributed by atoms with Crippen LogP contribution in [0.4, 0.5) is 24.5 Å².